The molecule has 1 aromatic rings. The van der Waals surface area contributed by atoms with Crippen LogP contribution < -0.4 is 11.1 Å². The van der Waals surface area contributed by atoms with Gasteiger partial charge in [-0.05, 0) is 49.4 Å². The zero-order valence-electron chi connectivity index (χ0n) is 10.1. The molecule has 0 fully saturated rings. The number of nitrogens with two attached hydrogens (primary N) is 1. The number of primary amides is 1. The largest absolute Gasteiger partial charge is 0.373 e. The van der Waals surface area contributed by atoms with E-state index in [4.69, 9.17) is 17.3 Å². The molecular formula is C14H17ClN2O. The summed E-state index contributed by atoms with van der Waals surface area (Å²) in [5.74, 6) is -0.0339. The lowest BCUT2D eigenvalue weighted by molar-refractivity contribution is -0.119. The third-order valence-corrected chi connectivity index (χ3v) is 3.51. The first-order valence-corrected chi connectivity index (χ1v) is 6.51. The molecule has 2 atom stereocenters. The van der Waals surface area contributed by atoms with E-state index < -0.39 is 0 Å². The van der Waals surface area contributed by atoms with Gasteiger partial charge in [-0.15, -0.1) is 0 Å². The van der Waals surface area contributed by atoms with Crippen molar-refractivity contribution >= 4 is 23.2 Å². The second-order valence-corrected chi connectivity index (χ2v) is 5.01. The van der Waals surface area contributed by atoms with Gasteiger partial charge in [0.25, 0.3) is 0 Å². The molecular weight excluding hydrogens is 248 g/mol. The van der Waals surface area contributed by atoms with Crippen molar-refractivity contribution in [2.75, 3.05) is 5.32 Å². The third kappa shape index (κ3) is 3.26. The Bertz CT molecular complexity index is 442. The van der Waals surface area contributed by atoms with Gasteiger partial charge >= 0.3 is 0 Å². The van der Waals surface area contributed by atoms with Crippen LogP contribution >= 0.6 is 11.6 Å². The quantitative estimate of drug-likeness (QED) is 0.822. The topological polar surface area (TPSA) is 55.1 Å². The highest BCUT2D eigenvalue weighted by molar-refractivity contribution is 6.30. The summed E-state index contributed by atoms with van der Waals surface area (Å²) in [4.78, 5) is 11.6. The lowest BCUT2D eigenvalue weighted by Crippen LogP contribution is -2.41. The van der Waals surface area contributed by atoms with Crippen LogP contribution in [0.3, 0.4) is 0 Å². The molecule has 0 radical (unpaired) electrons. The second kappa shape index (κ2) is 5.91. The number of nitrogens with one attached hydrogen (secondary N) is 1. The Kier molecular flexibility index (Phi) is 4.26. The van der Waals surface area contributed by atoms with Crippen molar-refractivity contribution in [2.24, 2.45) is 11.7 Å². The summed E-state index contributed by atoms with van der Waals surface area (Å²) < 4.78 is 0. The first-order valence-electron chi connectivity index (χ1n) is 6.13. The smallest absolute Gasteiger partial charge is 0.240 e. The lowest BCUT2D eigenvalue weighted by atomic mass is 9.87. The average Bonchev–Trinajstić information content (AvgIpc) is 2.38. The van der Waals surface area contributed by atoms with Crippen molar-refractivity contribution < 1.29 is 4.79 Å². The van der Waals surface area contributed by atoms with E-state index >= 15 is 0 Å². The molecule has 96 valence electrons. The maximum Gasteiger partial charge on any atom is 0.240 e. The minimum absolute atomic E-state index is 0.267. The maximum atomic E-state index is 11.6. The van der Waals surface area contributed by atoms with E-state index in [1.165, 1.54) is 0 Å². The minimum Gasteiger partial charge on any atom is -0.373 e. The van der Waals surface area contributed by atoms with Gasteiger partial charge in [-0.1, -0.05) is 23.8 Å². The van der Waals surface area contributed by atoms with E-state index in [9.17, 15) is 4.79 Å². The van der Waals surface area contributed by atoms with E-state index in [1.807, 2.05) is 12.1 Å². The molecule has 2 rings (SSSR count). The van der Waals surface area contributed by atoms with Crippen LogP contribution in [-0.2, 0) is 4.79 Å². The van der Waals surface area contributed by atoms with Crippen molar-refractivity contribution in [3.8, 4) is 0 Å². The molecule has 0 bridgehead atoms. The molecule has 4 heteroatoms. The summed E-state index contributed by atoms with van der Waals surface area (Å²) in [5.41, 5.74) is 6.37. The number of allylic oxidation sites excluding steroid dienone is 2. The molecule has 1 aliphatic rings. The van der Waals surface area contributed by atoms with Crippen LogP contribution in [0.2, 0.25) is 5.02 Å². The molecule has 1 aromatic carbocycles. The highest BCUT2D eigenvalue weighted by Crippen LogP contribution is 2.24. The van der Waals surface area contributed by atoms with Gasteiger partial charge in [0.05, 0.1) is 0 Å². The SMILES string of the molecule is NC(=O)C(Nc1ccc(Cl)cc1)C1CC=CCC1. The number of anilines is 1. The van der Waals surface area contributed by atoms with Crippen LogP contribution in [0.25, 0.3) is 0 Å². The molecule has 1 aliphatic carbocycles. The second-order valence-electron chi connectivity index (χ2n) is 4.58. The van der Waals surface area contributed by atoms with Gasteiger partial charge in [0.2, 0.25) is 5.91 Å². The predicted octanol–water partition coefficient (Wildman–Crippen LogP) is 2.96. The van der Waals surface area contributed by atoms with Crippen molar-refractivity contribution in [2.45, 2.75) is 25.3 Å². The molecule has 3 nitrogen and oxygen atoms in total. The average molecular weight is 265 g/mol. The fraction of sp³-hybridized carbons (Fsp3) is 0.357. The van der Waals surface area contributed by atoms with E-state index in [0.29, 0.717) is 5.02 Å². The summed E-state index contributed by atoms with van der Waals surface area (Å²) in [6.07, 6.45) is 7.17. The van der Waals surface area contributed by atoms with Crippen molar-refractivity contribution in [3.63, 3.8) is 0 Å². The molecule has 0 heterocycles. The Morgan fingerprint density at radius 1 is 1.33 bits per heavy atom. The Morgan fingerprint density at radius 3 is 2.61 bits per heavy atom. The first-order chi connectivity index (χ1) is 8.66. The Labute approximate surface area is 112 Å². The van der Waals surface area contributed by atoms with Crippen LogP contribution in [0.4, 0.5) is 5.69 Å². The van der Waals surface area contributed by atoms with Gasteiger partial charge in [0.1, 0.15) is 6.04 Å². The molecule has 1 amide bonds. The van der Waals surface area contributed by atoms with Crippen molar-refractivity contribution in [3.05, 3.63) is 41.4 Å². The summed E-state index contributed by atoms with van der Waals surface area (Å²) in [6.45, 7) is 0. The molecule has 0 saturated carbocycles. The maximum absolute atomic E-state index is 11.6. The predicted molar refractivity (Wildman–Crippen MR) is 74.5 cm³/mol. The summed E-state index contributed by atoms with van der Waals surface area (Å²) in [6, 6.07) is 6.98. The number of halogens is 1. The van der Waals surface area contributed by atoms with E-state index in [0.717, 1.165) is 24.9 Å². The van der Waals surface area contributed by atoms with Crippen LogP contribution in [-0.4, -0.2) is 11.9 Å². The fourth-order valence-corrected chi connectivity index (χ4v) is 2.39. The normalized spacial score (nSPS) is 20.4. The van der Waals surface area contributed by atoms with Gasteiger partial charge in [-0.2, -0.15) is 0 Å². The molecule has 3 N–H and O–H groups in total. The highest BCUT2D eigenvalue weighted by Gasteiger charge is 2.26. The van der Waals surface area contributed by atoms with Crippen molar-refractivity contribution in [1.29, 1.82) is 0 Å². The summed E-state index contributed by atoms with van der Waals surface area (Å²) in [7, 11) is 0. The number of rotatable bonds is 4. The van der Waals surface area contributed by atoms with E-state index in [-0.39, 0.29) is 17.9 Å². The van der Waals surface area contributed by atoms with Gasteiger partial charge < -0.3 is 11.1 Å². The van der Waals surface area contributed by atoms with Gasteiger partial charge in [-0.25, -0.2) is 0 Å². The number of amides is 1. The van der Waals surface area contributed by atoms with Crippen LogP contribution in [0.1, 0.15) is 19.3 Å². The number of carbonyl (C=O) groups is 1. The number of carbonyl (C=O) groups excluding carboxylic acids is 1. The molecule has 2 unspecified atom stereocenters. The molecule has 0 saturated heterocycles. The monoisotopic (exact) mass is 264 g/mol. The van der Waals surface area contributed by atoms with Gasteiger partial charge in [0.15, 0.2) is 0 Å². The minimum atomic E-state index is -0.323. The molecule has 0 spiro atoms. The van der Waals surface area contributed by atoms with Crippen LogP contribution in [0, 0.1) is 5.92 Å². The lowest BCUT2D eigenvalue weighted by Gasteiger charge is -2.27. The zero-order valence-corrected chi connectivity index (χ0v) is 10.9. The van der Waals surface area contributed by atoms with Gasteiger partial charge in [-0.3, -0.25) is 4.79 Å². The first kappa shape index (κ1) is 13.0. The van der Waals surface area contributed by atoms with E-state index in [2.05, 4.69) is 17.5 Å². The number of hydrogen-bond acceptors (Lipinski definition) is 2. The van der Waals surface area contributed by atoms with E-state index in [1.54, 1.807) is 12.1 Å². The van der Waals surface area contributed by atoms with Crippen molar-refractivity contribution in [1.82, 2.24) is 0 Å². The zero-order chi connectivity index (χ0) is 13.0. The van der Waals surface area contributed by atoms with Gasteiger partial charge in [0, 0.05) is 10.7 Å². The fourth-order valence-electron chi connectivity index (χ4n) is 2.27. The van der Waals surface area contributed by atoms with Crippen LogP contribution in [0.5, 0.6) is 0 Å². The Balaban J connectivity index is 2.08. The van der Waals surface area contributed by atoms with Crippen LogP contribution in [0.15, 0.2) is 36.4 Å². The molecule has 0 aliphatic heterocycles. The third-order valence-electron chi connectivity index (χ3n) is 3.25. The Hall–Kier alpha value is -1.48. The highest BCUT2D eigenvalue weighted by atomic mass is 35.5. The number of benzene rings is 1. The summed E-state index contributed by atoms with van der Waals surface area (Å²) >= 11 is 5.83. The molecule has 0 aromatic heterocycles. The Morgan fingerprint density at radius 2 is 2.06 bits per heavy atom. The standard InChI is InChI=1S/C14H17ClN2O/c15-11-6-8-12(9-7-11)17-13(14(16)18)10-4-2-1-3-5-10/h1-2,6-10,13,17H,3-5H2,(H2,16,18). The number of hydrogen-bond donors (Lipinski definition) is 2. The molecule has 18 heavy (non-hydrogen) atoms. The summed E-state index contributed by atoms with van der Waals surface area (Å²) in [5, 5.41) is 3.89.